The highest BCUT2D eigenvalue weighted by Gasteiger charge is 2.43. The number of nitrogens with two attached hydrogens (primary N) is 1. The van der Waals surface area contributed by atoms with Gasteiger partial charge in [-0.1, -0.05) is 12.5 Å². The van der Waals surface area contributed by atoms with E-state index in [1.165, 1.54) is 0 Å². The van der Waals surface area contributed by atoms with Gasteiger partial charge in [0.2, 0.25) is 5.92 Å². The highest BCUT2D eigenvalue weighted by molar-refractivity contribution is 5.84. The summed E-state index contributed by atoms with van der Waals surface area (Å²) >= 11 is 0. The van der Waals surface area contributed by atoms with Gasteiger partial charge in [0, 0.05) is 35.7 Å². The topological polar surface area (TPSA) is 50.4 Å². The number of halogens is 3. The predicted molar refractivity (Wildman–Crippen MR) is 94.2 cm³/mol. The third-order valence-corrected chi connectivity index (χ3v) is 6.14. The third kappa shape index (κ3) is 3.87. The molecule has 0 bridgehead atoms. The van der Waals surface area contributed by atoms with Crippen molar-refractivity contribution in [2.45, 2.75) is 70.3 Å². The van der Waals surface area contributed by atoms with Crippen LogP contribution in [0.15, 0.2) is 28.5 Å². The molecule has 0 aromatic carbocycles. The molecule has 3 aliphatic carbocycles. The molecule has 1 spiro atoms. The van der Waals surface area contributed by atoms with E-state index in [4.69, 9.17) is 5.84 Å². The lowest BCUT2D eigenvalue weighted by atomic mass is 9.67. The van der Waals surface area contributed by atoms with Crippen molar-refractivity contribution >= 4 is 5.71 Å². The van der Waals surface area contributed by atoms with Crippen LogP contribution in [0.25, 0.3) is 0 Å². The van der Waals surface area contributed by atoms with E-state index in [1.807, 2.05) is 19.1 Å². The summed E-state index contributed by atoms with van der Waals surface area (Å²) in [6.45, 7) is 1.45. The van der Waals surface area contributed by atoms with Gasteiger partial charge in [-0.05, 0) is 56.6 Å². The van der Waals surface area contributed by atoms with Crippen molar-refractivity contribution in [3.05, 3.63) is 23.4 Å². The van der Waals surface area contributed by atoms with Crippen LogP contribution in [0.4, 0.5) is 13.2 Å². The Balaban J connectivity index is 1.75. The average Bonchev–Trinajstić information content (AvgIpc) is 2.93. The summed E-state index contributed by atoms with van der Waals surface area (Å²) in [5.74, 6) is 3.22. The van der Waals surface area contributed by atoms with Crippen LogP contribution in [-0.4, -0.2) is 24.4 Å². The van der Waals surface area contributed by atoms with Crippen molar-refractivity contribution in [1.29, 1.82) is 0 Å². The Morgan fingerprint density at radius 2 is 2.00 bits per heavy atom. The Bertz CT molecular complexity index is 587. The number of hydrogen-bond donors (Lipinski definition) is 2. The molecule has 2 atom stereocenters. The summed E-state index contributed by atoms with van der Waals surface area (Å²) < 4.78 is 40.1. The van der Waals surface area contributed by atoms with Gasteiger partial charge in [0.15, 0.2) is 0 Å². The Kier molecular flexibility index (Phi) is 5.16. The molecule has 0 aromatic rings. The molecule has 2 fully saturated rings. The Morgan fingerprint density at radius 1 is 1.28 bits per heavy atom. The fourth-order valence-electron chi connectivity index (χ4n) is 4.62. The van der Waals surface area contributed by atoms with Crippen LogP contribution in [-0.2, 0) is 0 Å². The van der Waals surface area contributed by atoms with E-state index in [0.717, 1.165) is 37.1 Å². The highest BCUT2D eigenvalue weighted by atomic mass is 19.3. The minimum atomic E-state index is -2.53. The SMILES string of the molecule is C/C(=N/N)C1CCCC2(C=C(CF)C=C2NC2CCC(F)(F)CC2)C1. The van der Waals surface area contributed by atoms with Crippen LogP contribution in [0.2, 0.25) is 0 Å². The van der Waals surface area contributed by atoms with E-state index in [1.54, 1.807) is 0 Å². The van der Waals surface area contributed by atoms with Crippen LogP contribution < -0.4 is 11.2 Å². The third-order valence-electron chi connectivity index (χ3n) is 6.14. The minimum absolute atomic E-state index is 0.0414. The number of rotatable bonds is 4. The largest absolute Gasteiger partial charge is 0.385 e. The Morgan fingerprint density at radius 3 is 2.64 bits per heavy atom. The molecule has 0 amide bonds. The van der Waals surface area contributed by atoms with Gasteiger partial charge in [-0.15, -0.1) is 0 Å². The number of hydrazone groups is 1. The second-order valence-corrected chi connectivity index (χ2v) is 7.91. The van der Waals surface area contributed by atoms with E-state index in [2.05, 4.69) is 10.4 Å². The lowest BCUT2D eigenvalue weighted by Crippen LogP contribution is -2.42. The fourth-order valence-corrected chi connectivity index (χ4v) is 4.62. The van der Waals surface area contributed by atoms with Gasteiger partial charge in [0.1, 0.15) is 6.67 Å². The monoisotopic (exact) mass is 355 g/mol. The van der Waals surface area contributed by atoms with Crippen molar-refractivity contribution in [3.63, 3.8) is 0 Å². The van der Waals surface area contributed by atoms with Gasteiger partial charge >= 0.3 is 0 Å². The number of nitrogens with one attached hydrogen (secondary N) is 1. The minimum Gasteiger partial charge on any atom is -0.385 e. The molecule has 3 aliphatic rings. The zero-order valence-corrected chi connectivity index (χ0v) is 14.8. The molecule has 6 heteroatoms. The molecular formula is C19H28F3N3. The van der Waals surface area contributed by atoms with E-state index >= 15 is 0 Å². The molecule has 0 heterocycles. The van der Waals surface area contributed by atoms with Crippen LogP contribution >= 0.6 is 0 Å². The second kappa shape index (κ2) is 7.04. The molecule has 3 rings (SSSR count). The van der Waals surface area contributed by atoms with E-state index in [-0.39, 0.29) is 30.2 Å². The number of allylic oxidation sites excluding steroid dienone is 3. The molecule has 0 aromatic heterocycles. The van der Waals surface area contributed by atoms with Gasteiger partial charge in [-0.2, -0.15) is 5.10 Å². The quantitative estimate of drug-likeness (QED) is 0.444. The number of hydrogen-bond acceptors (Lipinski definition) is 3. The summed E-state index contributed by atoms with van der Waals surface area (Å²) in [5, 5.41) is 7.36. The van der Waals surface area contributed by atoms with Gasteiger partial charge in [-0.3, -0.25) is 0 Å². The molecule has 140 valence electrons. The Hall–Kier alpha value is -1.46. The molecule has 2 unspecified atom stereocenters. The zero-order chi connectivity index (χ0) is 18.1. The number of nitrogens with zero attached hydrogens (tertiary/aromatic N) is 1. The fraction of sp³-hybridized carbons (Fsp3) is 0.737. The summed E-state index contributed by atoms with van der Waals surface area (Å²) in [7, 11) is 0. The standard InChI is InChI=1S/C19H28F3N3/c1-13(25-23)15-3-2-6-18(11-15)10-14(12-20)9-17(18)24-16-4-7-19(21,22)8-5-16/h9-10,15-16,24H,2-8,11-12,23H2,1H3/b25-13-. The molecule has 25 heavy (non-hydrogen) atoms. The van der Waals surface area contributed by atoms with Crippen molar-refractivity contribution in [3.8, 4) is 0 Å². The smallest absolute Gasteiger partial charge is 0.248 e. The number of alkyl halides is 3. The van der Waals surface area contributed by atoms with Crippen molar-refractivity contribution in [2.24, 2.45) is 22.3 Å². The van der Waals surface area contributed by atoms with E-state index in [9.17, 15) is 13.2 Å². The van der Waals surface area contributed by atoms with Crippen LogP contribution in [0.1, 0.15) is 58.3 Å². The molecule has 0 radical (unpaired) electrons. The summed E-state index contributed by atoms with van der Waals surface area (Å²) in [6, 6.07) is 0.0414. The molecule has 3 nitrogen and oxygen atoms in total. The highest BCUT2D eigenvalue weighted by Crippen LogP contribution is 2.50. The van der Waals surface area contributed by atoms with Gasteiger partial charge in [0.05, 0.1) is 0 Å². The van der Waals surface area contributed by atoms with Crippen molar-refractivity contribution in [2.75, 3.05) is 6.67 Å². The first-order valence-corrected chi connectivity index (χ1v) is 9.26. The van der Waals surface area contributed by atoms with Crippen molar-refractivity contribution in [1.82, 2.24) is 5.32 Å². The first-order valence-electron chi connectivity index (χ1n) is 9.26. The van der Waals surface area contributed by atoms with Gasteiger partial charge < -0.3 is 11.2 Å². The molecular weight excluding hydrogens is 327 g/mol. The van der Waals surface area contributed by atoms with Gasteiger partial charge in [-0.25, -0.2) is 13.2 Å². The molecule has 2 saturated carbocycles. The summed E-state index contributed by atoms with van der Waals surface area (Å²) in [5.41, 5.74) is 2.39. The normalized spacial score (nSPS) is 33.3. The second-order valence-electron chi connectivity index (χ2n) is 7.91. The van der Waals surface area contributed by atoms with Crippen LogP contribution in [0.3, 0.4) is 0 Å². The maximum absolute atomic E-state index is 13.4. The Labute approximate surface area is 147 Å². The maximum Gasteiger partial charge on any atom is 0.248 e. The van der Waals surface area contributed by atoms with E-state index < -0.39 is 12.6 Å². The molecule has 3 N–H and O–H groups in total. The van der Waals surface area contributed by atoms with E-state index in [0.29, 0.717) is 18.4 Å². The average molecular weight is 355 g/mol. The van der Waals surface area contributed by atoms with Gasteiger partial charge in [0.25, 0.3) is 0 Å². The zero-order valence-electron chi connectivity index (χ0n) is 14.8. The predicted octanol–water partition coefficient (Wildman–Crippen LogP) is 4.46. The summed E-state index contributed by atoms with van der Waals surface area (Å²) in [6.07, 6.45) is 8.57. The lowest BCUT2D eigenvalue weighted by molar-refractivity contribution is -0.0400. The molecule has 0 saturated heterocycles. The first kappa shape index (κ1) is 18.3. The van der Waals surface area contributed by atoms with Crippen LogP contribution in [0, 0.1) is 11.3 Å². The maximum atomic E-state index is 13.4. The van der Waals surface area contributed by atoms with Crippen molar-refractivity contribution < 1.29 is 13.2 Å². The molecule has 0 aliphatic heterocycles. The summed E-state index contributed by atoms with van der Waals surface area (Å²) in [4.78, 5) is 0. The first-order chi connectivity index (χ1) is 11.9. The van der Waals surface area contributed by atoms with Crippen LogP contribution in [0.5, 0.6) is 0 Å². The lowest BCUT2D eigenvalue weighted by Gasteiger charge is -2.41.